The molecule has 14 aromatic rings. The minimum absolute atomic E-state index is 0. The van der Waals surface area contributed by atoms with Gasteiger partial charge in [-0.1, -0.05) is 209 Å². The van der Waals surface area contributed by atoms with Crippen LogP contribution in [0.4, 0.5) is 34.1 Å². The van der Waals surface area contributed by atoms with Crippen LogP contribution in [-0.2, 0) is 0 Å². The van der Waals surface area contributed by atoms with Crippen molar-refractivity contribution in [3.8, 4) is 0 Å². The smallest absolute Gasteiger partial charge is 0.138 e. The zero-order valence-electron chi connectivity index (χ0n) is 37.6. The van der Waals surface area contributed by atoms with Gasteiger partial charge in [0, 0.05) is 76.1 Å². The van der Waals surface area contributed by atoms with Crippen LogP contribution in [0.2, 0.25) is 0 Å². The van der Waals surface area contributed by atoms with Gasteiger partial charge in [-0.25, -0.2) is 0 Å². The van der Waals surface area contributed by atoms with Crippen molar-refractivity contribution in [3.63, 3.8) is 0 Å². The normalized spacial score (nSPS) is 11.4. The molecule has 0 bridgehead atoms. The number of nitrogens with zero attached hydrogens (tertiary/aromatic N) is 2. The van der Waals surface area contributed by atoms with Gasteiger partial charge < -0.3 is 18.6 Å². The van der Waals surface area contributed by atoms with Crippen molar-refractivity contribution < 1.29 is 8.83 Å². The second kappa shape index (κ2) is 18.3. The highest BCUT2D eigenvalue weighted by Crippen LogP contribution is 2.49. The first kappa shape index (κ1) is 44.1. The van der Waals surface area contributed by atoms with Gasteiger partial charge in [0.2, 0.25) is 0 Å². The first-order chi connectivity index (χ1) is 34.6. The van der Waals surface area contributed by atoms with E-state index < -0.39 is 0 Å². The van der Waals surface area contributed by atoms with Gasteiger partial charge in [0.05, 0.1) is 11.4 Å². The molecule has 0 aliphatic rings. The van der Waals surface area contributed by atoms with Crippen LogP contribution in [0.1, 0.15) is 7.43 Å². The fraction of sp³-hybridized carbons (Fsp3) is 0.0154. The first-order valence-corrected chi connectivity index (χ1v) is 24.9. The van der Waals surface area contributed by atoms with Crippen LogP contribution in [0.15, 0.2) is 260 Å². The lowest BCUT2D eigenvalue weighted by atomic mass is 9.96. The average Bonchev–Trinajstić information content (AvgIpc) is 3.99. The minimum atomic E-state index is 0. The van der Waals surface area contributed by atoms with Crippen LogP contribution in [-0.4, -0.2) is 0 Å². The Labute approximate surface area is 427 Å². The van der Waals surface area contributed by atoms with Gasteiger partial charge >= 0.3 is 0 Å². The van der Waals surface area contributed by atoms with Crippen molar-refractivity contribution in [2.45, 2.75) is 7.43 Å². The highest BCUT2D eigenvalue weighted by molar-refractivity contribution is 9.11. The fourth-order valence-corrected chi connectivity index (χ4v) is 11.5. The van der Waals surface area contributed by atoms with Crippen LogP contribution in [0, 0.1) is 0 Å². The number of para-hydroxylation sites is 4. The maximum Gasteiger partial charge on any atom is 0.138 e. The van der Waals surface area contributed by atoms with Gasteiger partial charge in [-0.2, -0.15) is 0 Å². The van der Waals surface area contributed by atoms with E-state index >= 15 is 0 Å². The second-order valence-corrected chi connectivity index (χ2v) is 19.1. The number of furan rings is 2. The Morgan fingerprint density at radius 3 is 0.775 bits per heavy atom. The van der Waals surface area contributed by atoms with Gasteiger partial charge in [0.25, 0.3) is 0 Å². The maximum absolute atomic E-state index is 6.94. The van der Waals surface area contributed by atoms with Gasteiger partial charge in [-0.05, 0) is 93.0 Å². The summed E-state index contributed by atoms with van der Waals surface area (Å²) in [6, 6.07) is 85.1. The molecular weight excluding hydrogens is 1000 g/mol. The largest absolute Gasteiger partial charge is 0.456 e. The first-order valence-electron chi connectivity index (χ1n) is 23.3. The SMILES string of the molecule is Brc1cc2oc3cc(Br)c4ccccc4c3c2c2ccccc12.C.c1ccc(N(c2ccccc2)c2cc3oc4cc(N(c5ccccc5)c5ccccc5)c5ccccc5c4c3c3ccccc23)cc1. The molecule has 0 amide bonds. The summed E-state index contributed by atoms with van der Waals surface area (Å²) >= 11 is 7.34. The Hall–Kier alpha value is -8.16. The lowest BCUT2D eigenvalue weighted by Crippen LogP contribution is -2.10. The van der Waals surface area contributed by atoms with E-state index in [0.29, 0.717) is 0 Å². The zero-order chi connectivity index (χ0) is 46.7. The van der Waals surface area contributed by atoms with Crippen LogP contribution < -0.4 is 9.80 Å². The summed E-state index contributed by atoms with van der Waals surface area (Å²) in [4.78, 5) is 4.65. The molecule has 340 valence electrons. The molecule has 0 spiro atoms. The third-order valence-electron chi connectivity index (χ3n) is 13.4. The molecule has 0 saturated carbocycles. The van der Waals surface area contributed by atoms with E-state index in [1.807, 2.05) is 0 Å². The van der Waals surface area contributed by atoms with E-state index in [2.05, 4.69) is 284 Å². The number of anilines is 6. The van der Waals surface area contributed by atoms with E-state index in [1.165, 1.54) is 43.1 Å². The lowest BCUT2D eigenvalue weighted by molar-refractivity contribution is 0.669. The van der Waals surface area contributed by atoms with Gasteiger partial charge in [0.15, 0.2) is 0 Å². The standard InChI is InChI=1S/C44H30N2O.C20H10Br2O.CH4/c1-5-17-31(18-6-1)45(32-19-7-2-8-20-32)39-29-41-43(37-27-15-13-25-35(37)39)44-38-28-16-14-26-36(38)40(30-42(44)47-41)46(33-21-9-3-10-22-33)34-23-11-4-12-24-34;21-15-9-17-19(13-7-3-1-5-11(13)15)20-14-8-4-2-6-12(14)16(22)10-18(20)23-17;/h1-30H;1-10H;1H4. The summed E-state index contributed by atoms with van der Waals surface area (Å²) in [5.74, 6) is 0. The highest BCUT2D eigenvalue weighted by Gasteiger charge is 2.24. The maximum atomic E-state index is 6.94. The Morgan fingerprint density at radius 2 is 0.479 bits per heavy atom. The molecule has 0 aliphatic carbocycles. The predicted octanol–water partition coefficient (Wildman–Crippen LogP) is 20.9. The van der Waals surface area contributed by atoms with E-state index in [9.17, 15) is 0 Å². The Morgan fingerprint density at radius 1 is 0.254 bits per heavy atom. The van der Waals surface area contributed by atoms with Crippen molar-refractivity contribution in [1.29, 1.82) is 0 Å². The molecule has 12 aromatic carbocycles. The molecule has 4 nitrogen and oxygen atoms in total. The monoisotopic (exact) mass is 1040 g/mol. The van der Waals surface area contributed by atoms with Crippen molar-refractivity contribution >= 4 is 153 Å². The minimum Gasteiger partial charge on any atom is -0.456 e. The number of rotatable bonds is 6. The molecule has 0 fully saturated rings. The number of benzene rings is 12. The van der Waals surface area contributed by atoms with E-state index in [-0.39, 0.29) is 7.43 Å². The van der Waals surface area contributed by atoms with Crippen LogP contribution in [0.25, 0.3) is 87.0 Å². The van der Waals surface area contributed by atoms with Crippen molar-refractivity contribution in [1.82, 2.24) is 0 Å². The van der Waals surface area contributed by atoms with Gasteiger partial charge in [0.1, 0.15) is 22.3 Å². The number of fused-ring (bicyclic) bond motifs is 14. The summed E-state index contributed by atoms with van der Waals surface area (Å²) < 4.78 is 15.2. The summed E-state index contributed by atoms with van der Waals surface area (Å²) in [6.45, 7) is 0. The van der Waals surface area contributed by atoms with E-state index in [1.54, 1.807) is 0 Å². The van der Waals surface area contributed by atoms with Crippen LogP contribution >= 0.6 is 31.9 Å². The van der Waals surface area contributed by atoms with E-state index in [0.717, 1.165) is 86.9 Å². The molecule has 14 rings (SSSR count). The number of halogens is 2. The molecular formula is C65H44Br2N2O2. The van der Waals surface area contributed by atoms with Crippen LogP contribution in [0.5, 0.6) is 0 Å². The molecule has 0 aliphatic heterocycles. The molecule has 0 radical (unpaired) electrons. The molecule has 6 heteroatoms. The fourth-order valence-electron chi connectivity index (χ4n) is 10.4. The second-order valence-electron chi connectivity index (χ2n) is 17.4. The molecule has 0 N–H and O–H groups in total. The van der Waals surface area contributed by atoms with Gasteiger partial charge in [-0.3, -0.25) is 0 Å². The lowest BCUT2D eigenvalue weighted by Gasteiger charge is -2.27. The molecule has 2 aromatic heterocycles. The average molecular weight is 1040 g/mol. The van der Waals surface area contributed by atoms with Crippen LogP contribution in [0.3, 0.4) is 0 Å². The zero-order valence-corrected chi connectivity index (χ0v) is 40.7. The van der Waals surface area contributed by atoms with E-state index in [4.69, 9.17) is 8.83 Å². The molecule has 0 atom stereocenters. The van der Waals surface area contributed by atoms with Crippen molar-refractivity contribution in [3.05, 3.63) is 252 Å². The summed E-state index contributed by atoms with van der Waals surface area (Å²) in [6.07, 6.45) is 0. The molecule has 2 heterocycles. The quantitative estimate of drug-likeness (QED) is 0.166. The number of hydrogen-bond donors (Lipinski definition) is 0. The predicted molar refractivity (Wildman–Crippen MR) is 309 cm³/mol. The third kappa shape index (κ3) is 7.50. The third-order valence-corrected chi connectivity index (χ3v) is 14.7. The molecule has 0 saturated heterocycles. The topological polar surface area (TPSA) is 32.8 Å². The Balaban J connectivity index is 0.000000180. The summed E-state index contributed by atoms with van der Waals surface area (Å²) in [7, 11) is 0. The van der Waals surface area contributed by atoms with Crippen molar-refractivity contribution in [2.24, 2.45) is 0 Å². The number of hydrogen-bond acceptors (Lipinski definition) is 4. The molecule has 0 unspecified atom stereocenters. The Kier molecular flexibility index (Phi) is 11.4. The Bertz CT molecular complexity index is 3920. The summed E-state index contributed by atoms with van der Waals surface area (Å²) in [5.41, 5.74) is 10.1. The molecule has 71 heavy (non-hydrogen) atoms. The van der Waals surface area contributed by atoms with Gasteiger partial charge in [-0.15, -0.1) is 0 Å². The van der Waals surface area contributed by atoms with Crippen molar-refractivity contribution in [2.75, 3.05) is 9.80 Å². The highest BCUT2D eigenvalue weighted by atomic mass is 79.9. The summed E-state index contributed by atoms with van der Waals surface area (Å²) in [5, 5.41) is 14.1.